The quantitative estimate of drug-likeness (QED) is 0.394. The fourth-order valence-electron chi connectivity index (χ4n) is 2.89. The molecule has 0 spiro atoms. The van der Waals surface area contributed by atoms with Gasteiger partial charge in [-0.25, -0.2) is 0 Å². The third kappa shape index (κ3) is 2.19. The molecule has 0 radical (unpaired) electrons. The molecule has 1 aliphatic rings. The minimum Gasteiger partial charge on any atom is -0.387 e. The molecule has 6 atom stereocenters. The Morgan fingerprint density at radius 2 is 1.86 bits per heavy atom. The lowest BCUT2D eigenvalue weighted by molar-refractivity contribution is -0.328. The van der Waals surface area contributed by atoms with Crippen molar-refractivity contribution in [3.8, 4) is 0 Å². The second-order valence-corrected chi connectivity index (χ2v) is 6.27. The van der Waals surface area contributed by atoms with Crippen LogP contribution in [0.5, 0.6) is 0 Å². The Hall–Kier alpha value is -1.00. The first kappa shape index (κ1) is 15.9. The fraction of sp³-hybridized carbons (Fsp3) is 0.429. The van der Waals surface area contributed by atoms with Gasteiger partial charge in [0.1, 0.15) is 23.3 Å². The number of nitrogens with one attached hydrogen (secondary N) is 1. The highest BCUT2D eigenvalue weighted by molar-refractivity contribution is 9.09. The Labute approximate surface area is 133 Å². The molecule has 2 aromatic rings. The number of fused-ring (bicyclic) bond motifs is 1. The molecule has 1 unspecified atom stereocenters. The van der Waals surface area contributed by atoms with E-state index < -0.39 is 35.2 Å². The maximum Gasteiger partial charge on any atom is 0.184 e. The molecule has 1 aromatic carbocycles. The summed E-state index contributed by atoms with van der Waals surface area (Å²) >= 11 is 2.85. The lowest BCUT2D eigenvalue weighted by Gasteiger charge is -2.47. The number of aromatic nitrogens is 1. The van der Waals surface area contributed by atoms with Gasteiger partial charge in [-0.05, 0) is 6.07 Å². The molecule has 7 nitrogen and oxygen atoms in total. The highest BCUT2D eigenvalue weighted by Gasteiger charge is 2.57. The molecular formula is C14H16BrNO6. The predicted octanol–water partition coefficient (Wildman–Crippen LogP) is -0.492. The largest absolute Gasteiger partial charge is 0.387 e. The van der Waals surface area contributed by atoms with Crippen molar-refractivity contribution in [2.24, 2.45) is 0 Å². The van der Waals surface area contributed by atoms with Crippen molar-refractivity contribution in [2.45, 2.75) is 35.2 Å². The van der Waals surface area contributed by atoms with Gasteiger partial charge in [0.25, 0.3) is 0 Å². The lowest BCUT2D eigenvalue weighted by Crippen LogP contribution is -2.65. The Morgan fingerprint density at radius 3 is 2.55 bits per heavy atom. The van der Waals surface area contributed by atoms with Crippen molar-refractivity contribution in [3.63, 3.8) is 0 Å². The van der Waals surface area contributed by atoms with E-state index in [0.717, 1.165) is 0 Å². The van der Waals surface area contributed by atoms with Gasteiger partial charge >= 0.3 is 0 Å². The summed E-state index contributed by atoms with van der Waals surface area (Å²) in [5, 5.41) is 50.3. The van der Waals surface area contributed by atoms with E-state index in [0.29, 0.717) is 10.9 Å². The van der Waals surface area contributed by atoms with Gasteiger partial charge in [0.2, 0.25) is 0 Å². The number of halogens is 1. The van der Waals surface area contributed by atoms with Gasteiger partial charge < -0.3 is 35.3 Å². The zero-order chi connectivity index (χ0) is 16.1. The van der Waals surface area contributed by atoms with E-state index in [1.54, 1.807) is 24.3 Å². The smallest absolute Gasteiger partial charge is 0.184 e. The molecule has 0 amide bonds. The normalized spacial score (nSPS) is 37.4. The topological polar surface area (TPSA) is 126 Å². The van der Waals surface area contributed by atoms with Gasteiger partial charge in [0.05, 0.1) is 0 Å². The Balaban J connectivity index is 2.15. The fourth-order valence-corrected chi connectivity index (χ4v) is 3.30. The number of hydrogen-bond acceptors (Lipinski definition) is 6. The molecular weight excluding hydrogens is 358 g/mol. The minimum atomic E-state index is -2.21. The number of aliphatic hydroxyl groups excluding tert-OH is 4. The van der Waals surface area contributed by atoms with Crippen LogP contribution in [0.25, 0.3) is 10.9 Å². The number of hydrogen-bond donors (Lipinski definition) is 6. The highest BCUT2D eigenvalue weighted by Crippen LogP contribution is 2.41. The van der Waals surface area contributed by atoms with Crippen LogP contribution in [0, 0.1) is 0 Å². The zero-order valence-corrected chi connectivity index (χ0v) is 12.9. The van der Waals surface area contributed by atoms with Crippen LogP contribution >= 0.6 is 15.9 Å². The van der Waals surface area contributed by atoms with Crippen LogP contribution in [-0.4, -0.2) is 60.1 Å². The van der Waals surface area contributed by atoms with Gasteiger partial charge in [-0.2, -0.15) is 0 Å². The molecule has 0 saturated carbocycles. The molecule has 0 aliphatic carbocycles. The summed E-state index contributed by atoms with van der Waals surface area (Å²) in [7, 11) is 0. The number of aliphatic hydroxyl groups is 5. The SMILES string of the molecule is OC(Br)[C@H]1O[C@H](O)[C@H](O)[C@](O)(c2c[nH]c3ccccc23)[C@H]1O. The van der Waals surface area contributed by atoms with Crippen LogP contribution < -0.4 is 0 Å². The molecule has 1 aliphatic heterocycles. The first-order chi connectivity index (χ1) is 10.4. The maximum atomic E-state index is 11.0. The molecule has 1 aromatic heterocycles. The first-order valence-corrected chi connectivity index (χ1v) is 7.59. The summed E-state index contributed by atoms with van der Waals surface area (Å²) in [6, 6.07) is 7.02. The first-order valence-electron chi connectivity index (χ1n) is 6.68. The molecule has 8 heteroatoms. The number of alkyl halides is 1. The molecule has 2 heterocycles. The summed E-state index contributed by atoms with van der Waals surface area (Å²) < 4.78 is 4.97. The van der Waals surface area contributed by atoms with Crippen LogP contribution in [-0.2, 0) is 10.3 Å². The van der Waals surface area contributed by atoms with Crippen molar-refractivity contribution in [1.82, 2.24) is 4.98 Å². The molecule has 0 bridgehead atoms. The summed E-state index contributed by atoms with van der Waals surface area (Å²) in [4.78, 5) is 2.93. The molecule has 1 fully saturated rings. The van der Waals surface area contributed by atoms with Crippen molar-refractivity contribution in [1.29, 1.82) is 0 Å². The molecule has 3 rings (SSSR count). The van der Waals surface area contributed by atoms with Crippen molar-refractivity contribution in [3.05, 3.63) is 36.0 Å². The number of benzene rings is 1. The van der Waals surface area contributed by atoms with E-state index in [4.69, 9.17) is 4.74 Å². The van der Waals surface area contributed by atoms with Crippen LogP contribution in [0.3, 0.4) is 0 Å². The lowest BCUT2D eigenvalue weighted by atomic mass is 9.78. The number of ether oxygens (including phenoxy) is 1. The van der Waals surface area contributed by atoms with Crippen LogP contribution in [0.2, 0.25) is 0 Å². The minimum absolute atomic E-state index is 0.212. The van der Waals surface area contributed by atoms with Gasteiger partial charge in [-0.15, -0.1) is 0 Å². The van der Waals surface area contributed by atoms with E-state index in [2.05, 4.69) is 20.9 Å². The standard InChI is InChI=1S/C14H16BrNO6/c15-12(19)9-10(17)14(21,11(18)13(20)22-9)7-5-16-8-4-2-1-3-6(7)8/h1-5,9-13,16-21H/t9-,10-,11-,12?,13-,14-/m0/s1. The van der Waals surface area contributed by atoms with E-state index in [1.807, 2.05) is 0 Å². The van der Waals surface area contributed by atoms with Crippen LogP contribution in [0.4, 0.5) is 0 Å². The Kier molecular flexibility index (Phi) is 4.02. The van der Waals surface area contributed by atoms with E-state index in [1.165, 1.54) is 6.20 Å². The highest BCUT2D eigenvalue weighted by atomic mass is 79.9. The average molecular weight is 374 g/mol. The number of rotatable bonds is 2. The van der Waals surface area contributed by atoms with Crippen molar-refractivity contribution < 1.29 is 30.3 Å². The van der Waals surface area contributed by atoms with Gasteiger partial charge in [0.15, 0.2) is 11.9 Å². The zero-order valence-electron chi connectivity index (χ0n) is 11.3. The van der Waals surface area contributed by atoms with Gasteiger partial charge in [0, 0.05) is 22.7 Å². The number of aromatic amines is 1. The van der Waals surface area contributed by atoms with E-state index >= 15 is 0 Å². The molecule has 120 valence electrons. The third-order valence-electron chi connectivity index (χ3n) is 4.07. The maximum absolute atomic E-state index is 11.0. The van der Waals surface area contributed by atoms with E-state index in [9.17, 15) is 25.5 Å². The monoisotopic (exact) mass is 373 g/mol. The predicted molar refractivity (Wildman–Crippen MR) is 80.0 cm³/mol. The summed E-state index contributed by atoms with van der Waals surface area (Å²) in [6.07, 6.45) is -5.09. The third-order valence-corrected chi connectivity index (χ3v) is 4.59. The van der Waals surface area contributed by atoms with E-state index in [-0.39, 0.29) is 5.56 Å². The van der Waals surface area contributed by atoms with Crippen LogP contribution in [0.1, 0.15) is 5.56 Å². The summed E-state index contributed by atoms with van der Waals surface area (Å²) in [5.41, 5.74) is -1.30. The summed E-state index contributed by atoms with van der Waals surface area (Å²) in [6.45, 7) is 0. The van der Waals surface area contributed by atoms with Crippen LogP contribution in [0.15, 0.2) is 30.5 Å². The summed E-state index contributed by atoms with van der Waals surface area (Å²) in [5.74, 6) is 0. The van der Waals surface area contributed by atoms with Crippen molar-refractivity contribution in [2.75, 3.05) is 0 Å². The average Bonchev–Trinajstić information content (AvgIpc) is 2.93. The van der Waals surface area contributed by atoms with Gasteiger partial charge in [-0.1, -0.05) is 34.1 Å². The molecule has 6 N–H and O–H groups in total. The Bertz CT molecular complexity index is 676. The number of H-pyrrole nitrogens is 1. The Morgan fingerprint density at radius 1 is 1.18 bits per heavy atom. The molecule has 1 saturated heterocycles. The second kappa shape index (κ2) is 5.57. The number of para-hydroxylation sites is 1. The van der Waals surface area contributed by atoms with Gasteiger partial charge in [-0.3, -0.25) is 0 Å². The molecule has 22 heavy (non-hydrogen) atoms. The van der Waals surface area contributed by atoms with Crippen molar-refractivity contribution >= 4 is 26.8 Å². The second-order valence-electron chi connectivity index (χ2n) is 5.33.